The number of nitrogens with zero attached hydrogens (tertiary/aromatic N) is 1. The summed E-state index contributed by atoms with van der Waals surface area (Å²) in [5.74, 6) is 0.306. The molecule has 25 heavy (non-hydrogen) atoms. The summed E-state index contributed by atoms with van der Waals surface area (Å²) in [7, 11) is 0. The highest BCUT2D eigenvalue weighted by atomic mass is 16.5. The maximum Gasteiger partial charge on any atom is 0.336 e. The predicted octanol–water partition coefficient (Wildman–Crippen LogP) is 1.01. The second kappa shape index (κ2) is 8.13. The lowest BCUT2D eigenvalue weighted by atomic mass is 10.2. The van der Waals surface area contributed by atoms with Gasteiger partial charge < -0.3 is 19.2 Å². The zero-order valence-electron chi connectivity index (χ0n) is 14.2. The van der Waals surface area contributed by atoms with Gasteiger partial charge in [0.15, 0.2) is 6.10 Å². The number of amides is 1. The Morgan fingerprint density at radius 3 is 2.84 bits per heavy atom. The maximum absolute atomic E-state index is 12.2. The Hall–Kier alpha value is -2.38. The number of carbonyl (C=O) groups excluding carboxylic acids is 1. The number of fused-ring (bicyclic) bond motifs is 1. The fourth-order valence-electron chi connectivity index (χ4n) is 2.68. The third-order valence-electron chi connectivity index (χ3n) is 4.11. The van der Waals surface area contributed by atoms with Gasteiger partial charge in [-0.25, -0.2) is 4.79 Å². The molecule has 2 heterocycles. The van der Waals surface area contributed by atoms with E-state index in [1.54, 1.807) is 31.2 Å². The summed E-state index contributed by atoms with van der Waals surface area (Å²) in [5, 5.41) is 3.68. The molecular formula is C18H22N2O5. The summed E-state index contributed by atoms with van der Waals surface area (Å²) in [6.45, 7) is 6.32. The van der Waals surface area contributed by atoms with E-state index in [-0.39, 0.29) is 5.91 Å². The van der Waals surface area contributed by atoms with Crippen molar-refractivity contribution in [3.05, 3.63) is 40.8 Å². The average molecular weight is 346 g/mol. The van der Waals surface area contributed by atoms with Gasteiger partial charge in [0.05, 0.1) is 13.2 Å². The molecule has 1 N–H and O–H groups in total. The summed E-state index contributed by atoms with van der Waals surface area (Å²) in [6, 6.07) is 8.21. The topological polar surface area (TPSA) is 81.0 Å². The summed E-state index contributed by atoms with van der Waals surface area (Å²) in [4.78, 5) is 25.7. The van der Waals surface area contributed by atoms with Crippen LogP contribution >= 0.6 is 0 Å². The van der Waals surface area contributed by atoms with Gasteiger partial charge in [-0.1, -0.05) is 0 Å². The number of hydrogen-bond acceptors (Lipinski definition) is 6. The van der Waals surface area contributed by atoms with Crippen molar-refractivity contribution in [3.8, 4) is 5.75 Å². The smallest absolute Gasteiger partial charge is 0.336 e. The highest BCUT2D eigenvalue weighted by Crippen LogP contribution is 2.20. The van der Waals surface area contributed by atoms with Crippen LogP contribution in [0.25, 0.3) is 11.0 Å². The lowest BCUT2D eigenvalue weighted by Gasteiger charge is -2.26. The van der Waals surface area contributed by atoms with Crippen LogP contribution in [0.3, 0.4) is 0 Å². The van der Waals surface area contributed by atoms with Crippen LogP contribution in [0.5, 0.6) is 5.75 Å². The van der Waals surface area contributed by atoms with Gasteiger partial charge in [0.1, 0.15) is 11.3 Å². The van der Waals surface area contributed by atoms with E-state index in [1.807, 2.05) is 0 Å². The van der Waals surface area contributed by atoms with Gasteiger partial charge in [0.25, 0.3) is 5.91 Å². The van der Waals surface area contributed by atoms with Crippen molar-refractivity contribution in [2.24, 2.45) is 0 Å². The van der Waals surface area contributed by atoms with E-state index in [4.69, 9.17) is 13.9 Å². The number of rotatable bonds is 6. The van der Waals surface area contributed by atoms with E-state index in [0.29, 0.717) is 17.9 Å². The van der Waals surface area contributed by atoms with E-state index in [0.717, 1.165) is 38.2 Å². The van der Waals surface area contributed by atoms with E-state index in [1.165, 1.54) is 6.07 Å². The first-order valence-corrected chi connectivity index (χ1v) is 8.40. The van der Waals surface area contributed by atoms with Gasteiger partial charge in [-0.05, 0) is 25.1 Å². The molecule has 1 aromatic carbocycles. The Morgan fingerprint density at radius 2 is 2.04 bits per heavy atom. The summed E-state index contributed by atoms with van der Waals surface area (Å²) in [5.41, 5.74) is 0.0171. The molecule has 1 fully saturated rings. The minimum Gasteiger partial charge on any atom is -0.481 e. The zero-order valence-corrected chi connectivity index (χ0v) is 14.2. The van der Waals surface area contributed by atoms with E-state index in [2.05, 4.69) is 10.2 Å². The Morgan fingerprint density at radius 1 is 1.28 bits per heavy atom. The first-order valence-electron chi connectivity index (χ1n) is 8.40. The molecule has 1 saturated heterocycles. The van der Waals surface area contributed by atoms with Gasteiger partial charge in [0, 0.05) is 43.7 Å². The minimum atomic E-state index is -0.641. The number of benzene rings is 1. The first-order chi connectivity index (χ1) is 12.1. The Kier molecular flexibility index (Phi) is 5.67. The predicted molar refractivity (Wildman–Crippen MR) is 92.8 cm³/mol. The molecule has 0 unspecified atom stereocenters. The second-order valence-electron chi connectivity index (χ2n) is 5.96. The molecule has 2 aromatic rings. The van der Waals surface area contributed by atoms with Crippen LogP contribution in [0.4, 0.5) is 0 Å². The summed E-state index contributed by atoms with van der Waals surface area (Å²) >= 11 is 0. The van der Waals surface area contributed by atoms with Crippen molar-refractivity contribution >= 4 is 16.9 Å². The molecule has 1 amide bonds. The molecule has 1 atom stereocenters. The normalized spacial score (nSPS) is 16.5. The Bertz CT molecular complexity index is 782. The molecule has 1 aliphatic heterocycles. The number of ether oxygens (including phenoxy) is 2. The van der Waals surface area contributed by atoms with Gasteiger partial charge >= 0.3 is 5.63 Å². The Balaban J connectivity index is 1.51. The molecule has 0 radical (unpaired) electrons. The van der Waals surface area contributed by atoms with Crippen LogP contribution < -0.4 is 15.7 Å². The van der Waals surface area contributed by atoms with Crippen LogP contribution in [-0.4, -0.2) is 56.3 Å². The first kappa shape index (κ1) is 17.4. The molecule has 3 rings (SSSR count). The minimum absolute atomic E-state index is 0.178. The van der Waals surface area contributed by atoms with Gasteiger partial charge in [-0.15, -0.1) is 0 Å². The standard InChI is InChI=1S/C18H22N2O5/c1-13(18(22)19-6-7-20-8-10-23-11-9-20)24-15-4-2-14-3-5-17(21)25-16(14)12-15/h2-5,12-13H,6-11H2,1H3,(H,19,22)/t13-/m0/s1. The third kappa shape index (κ3) is 4.80. The molecule has 0 saturated carbocycles. The molecular weight excluding hydrogens is 324 g/mol. The van der Waals surface area contributed by atoms with Crippen molar-refractivity contribution in [3.63, 3.8) is 0 Å². The summed E-state index contributed by atoms with van der Waals surface area (Å²) in [6.07, 6.45) is -0.641. The molecule has 0 aliphatic carbocycles. The van der Waals surface area contributed by atoms with Crippen molar-refractivity contribution in [2.75, 3.05) is 39.4 Å². The molecule has 0 spiro atoms. The highest BCUT2D eigenvalue weighted by Gasteiger charge is 2.16. The molecule has 1 aliphatic rings. The number of hydrogen-bond donors (Lipinski definition) is 1. The third-order valence-corrected chi connectivity index (χ3v) is 4.11. The van der Waals surface area contributed by atoms with Crippen LogP contribution in [0.1, 0.15) is 6.92 Å². The highest BCUT2D eigenvalue weighted by molar-refractivity contribution is 5.81. The molecule has 7 nitrogen and oxygen atoms in total. The fraction of sp³-hybridized carbons (Fsp3) is 0.444. The SMILES string of the molecule is C[C@H](Oc1ccc2ccc(=O)oc2c1)C(=O)NCCN1CCOCC1. The van der Waals surface area contributed by atoms with Crippen molar-refractivity contribution < 1.29 is 18.7 Å². The zero-order chi connectivity index (χ0) is 17.6. The monoisotopic (exact) mass is 346 g/mol. The van der Waals surface area contributed by atoms with Crippen LogP contribution in [0.15, 0.2) is 39.5 Å². The number of nitrogens with one attached hydrogen (secondary N) is 1. The number of morpholine rings is 1. The number of carbonyl (C=O) groups is 1. The van der Waals surface area contributed by atoms with Crippen LogP contribution in [0.2, 0.25) is 0 Å². The van der Waals surface area contributed by atoms with E-state index < -0.39 is 11.7 Å². The van der Waals surface area contributed by atoms with Crippen molar-refractivity contribution in [1.82, 2.24) is 10.2 Å². The lowest BCUT2D eigenvalue weighted by molar-refractivity contribution is -0.127. The largest absolute Gasteiger partial charge is 0.481 e. The van der Waals surface area contributed by atoms with Crippen LogP contribution in [0, 0.1) is 0 Å². The second-order valence-corrected chi connectivity index (χ2v) is 5.96. The van der Waals surface area contributed by atoms with Gasteiger partial charge in [0.2, 0.25) is 0 Å². The molecule has 134 valence electrons. The van der Waals surface area contributed by atoms with E-state index in [9.17, 15) is 9.59 Å². The van der Waals surface area contributed by atoms with Gasteiger partial charge in [-0.3, -0.25) is 9.69 Å². The average Bonchev–Trinajstić information content (AvgIpc) is 2.62. The maximum atomic E-state index is 12.2. The van der Waals surface area contributed by atoms with Gasteiger partial charge in [-0.2, -0.15) is 0 Å². The molecule has 7 heteroatoms. The fourth-order valence-corrected chi connectivity index (χ4v) is 2.68. The van der Waals surface area contributed by atoms with Crippen LogP contribution in [-0.2, 0) is 9.53 Å². The summed E-state index contributed by atoms with van der Waals surface area (Å²) < 4.78 is 16.1. The van der Waals surface area contributed by atoms with Crippen molar-refractivity contribution in [1.29, 1.82) is 0 Å². The Labute approximate surface area is 145 Å². The van der Waals surface area contributed by atoms with E-state index >= 15 is 0 Å². The molecule has 1 aromatic heterocycles. The van der Waals surface area contributed by atoms with Crippen molar-refractivity contribution in [2.45, 2.75) is 13.0 Å². The lowest BCUT2D eigenvalue weighted by Crippen LogP contribution is -2.43. The quantitative estimate of drug-likeness (QED) is 0.786. The molecule has 0 bridgehead atoms.